The summed E-state index contributed by atoms with van der Waals surface area (Å²) in [5.74, 6) is -0.00196. The monoisotopic (exact) mass is 365 g/mol. The van der Waals surface area contributed by atoms with Gasteiger partial charge in [0.1, 0.15) is 5.75 Å². The van der Waals surface area contributed by atoms with Gasteiger partial charge in [0.05, 0.1) is 0 Å². The van der Waals surface area contributed by atoms with Crippen LogP contribution in [0.5, 0.6) is 5.75 Å². The Kier molecular flexibility index (Phi) is 3.20. The Hall–Kier alpha value is -2.59. The fourth-order valence-electron chi connectivity index (χ4n) is 2.88. The van der Waals surface area contributed by atoms with Crippen molar-refractivity contribution in [3.05, 3.63) is 70.2 Å². The molecule has 4 rings (SSSR count). The minimum Gasteiger partial charge on any atom is -0.507 e. The van der Waals surface area contributed by atoms with E-state index in [1.165, 1.54) is 0 Å². The standard InChI is InChI=1S/C19H12BrNO2/c20-12-6-7-17-14(9-12)16(19(23)21-17)10-15-13-4-2-1-3-11(13)5-8-18(15)22/h1-10,22H,(H,21,23). The zero-order chi connectivity index (χ0) is 16.0. The largest absolute Gasteiger partial charge is 0.507 e. The Labute approximate surface area is 141 Å². The lowest BCUT2D eigenvalue weighted by molar-refractivity contribution is -0.110. The van der Waals surface area contributed by atoms with Crippen molar-refractivity contribution < 1.29 is 9.90 Å². The summed E-state index contributed by atoms with van der Waals surface area (Å²) in [6, 6.07) is 17.0. The number of benzene rings is 3. The Balaban J connectivity index is 1.97. The molecule has 112 valence electrons. The van der Waals surface area contributed by atoms with Crippen LogP contribution >= 0.6 is 15.9 Å². The highest BCUT2D eigenvalue weighted by Gasteiger charge is 2.24. The number of fused-ring (bicyclic) bond motifs is 2. The fourth-order valence-corrected chi connectivity index (χ4v) is 3.24. The summed E-state index contributed by atoms with van der Waals surface area (Å²) in [7, 11) is 0. The number of nitrogens with one attached hydrogen (secondary N) is 1. The van der Waals surface area contributed by atoms with E-state index in [-0.39, 0.29) is 11.7 Å². The molecule has 0 fully saturated rings. The lowest BCUT2D eigenvalue weighted by atomic mass is 9.99. The van der Waals surface area contributed by atoms with Gasteiger partial charge in [0.15, 0.2) is 0 Å². The van der Waals surface area contributed by atoms with Crippen LogP contribution in [0.4, 0.5) is 5.69 Å². The quantitative estimate of drug-likeness (QED) is 0.608. The maximum atomic E-state index is 12.3. The summed E-state index contributed by atoms with van der Waals surface area (Å²) in [6.45, 7) is 0. The van der Waals surface area contributed by atoms with Crippen LogP contribution in [-0.4, -0.2) is 11.0 Å². The van der Waals surface area contributed by atoms with Gasteiger partial charge in [-0.2, -0.15) is 0 Å². The highest BCUT2D eigenvalue weighted by atomic mass is 79.9. The normalized spacial score (nSPS) is 15.0. The predicted molar refractivity (Wildman–Crippen MR) is 96.3 cm³/mol. The van der Waals surface area contributed by atoms with E-state index in [4.69, 9.17) is 0 Å². The number of halogens is 1. The van der Waals surface area contributed by atoms with Crippen LogP contribution in [-0.2, 0) is 4.79 Å². The Bertz CT molecular complexity index is 992. The Morgan fingerprint density at radius 2 is 1.87 bits per heavy atom. The smallest absolute Gasteiger partial charge is 0.256 e. The van der Waals surface area contributed by atoms with E-state index in [1.807, 2.05) is 48.5 Å². The maximum absolute atomic E-state index is 12.3. The van der Waals surface area contributed by atoms with Crippen molar-refractivity contribution in [1.82, 2.24) is 0 Å². The van der Waals surface area contributed by atoms with E-state index in [9.17, 15) is 9.90 Å². The summed E-state index contributed by atoms with van der Waals surface area (Å²) in [6.07, 6.45) is 1.76. The van der Waals surface area contributed by atoms with Crippen molar-refractivity contribution in [2.45, 2.75) is 0 Å². The first-order valence-electron chi connectivity index (χ1n) is 7.17. The molecule has 3 aromatic carbocycles. The molecule has 0 saturated heterocycles. The highest BCUT2D eigenvalue weighted by molar-refractivity contribution is 9.10. The van der Waals surface area contributed by atoms with Gasteiger partial charge in [0.2, 0.25) is 0 Å². The number of anilines is 1. The number of hydrogen-bond donors (Lipinski definition) is 2. The SMILES string of the molecule is O=C1Nc2ccc(Br)cc2C1=Cc1c(O)ccc2ccccc12. The summed E-state index contributed by atoms with van der Waals surface area (Å²) < 4.78 is 0.904. The van der Waals surface area contributed by atoms with Gasteiger partial charge in [0, 0.05) is 26.9 Å². The number of phenolic OH excluding ortho intramolecular Hbond substituents is 1. The molecule has 1 aliphatic heterocycles. The van der Waals surface area contributed by atoms with E-state index >= 15 is 0 Å². The van der Waals surface area contributed by atoms with Crippen LogP contribution in [0.3, 0.4) is 0 Å². The molecule has 0 bridgehead atoms. The first kappa shape index (κ1) is 14.0. The van der Waals surface area contributed by atoms with Crippen molar-refractivity contribution in [3.63, 3.8) is 0 Å². The van der Waals surface area contributed by atoms with Gasteiger partial charge in [-0.3, -0.25) is 4.79 Å². The zero-order valence-electron chi connectivity index (χ0n) is 12.0. The molecule has 0 radical (unpaired) electrons. The molecule has 1 aliphatic rings. The van der Waals surface area contributed by atoms with Gasteiger partial charge in [-0.05, 0) is 41.1 Å². The molecular formula is C19H12BrNO2. The first-order chi connectivity index (χ1) is 11.1. The number of phenols is 1. The number of aromatic hydroxyl groups is 1. The number of carbonyl (C=O) groups excluding carboxylic acids is 1. The molecule has 4 heteroatoms. The first-order valence-corrected chi connectivity index (χ1v) is 7.96. The van der Waals surface area contributed by atoms with Crippen molar-refractivity contribution in [2.75, 3.05) is 5.32 Å². The molecule has 0 atom stereocenters. The molecular weight excluding hydrogens is 354 g/mol. The molecule has 0 spiro atoms. The maximum Gasteiger partial charge on any atom is 0.256 e. The Morgan fingerprint density at radius 3 is 2.74 bits per heavy atom. The van der Waals surface area contributed by atoms with Gasteiger partial charge in [-0.25, -0.2) is 0 Å². The molecule has 1 amide bonds. The second-order valence-corrected chi connectivity index (χ2v) is 6.34. The van der Waals surface area contributed by atoms with Crippen LogP contribution in [0.15, 0.2) is 59.1 Å². The van der Waals surface area contributed by atoms with Crippen LogP contribution in [0.25, 0.3) is 22.4 Å². The molecule has 3 nitrogen and oxygen atoms in total. The van der Waals surface area contributed by atoms with Crippen molar-refractivity contribution in [1.29, 1.82) is 0 Å². The Morgan fingerprint density at radius 1 is 1.04 bits per heavy atom. The zero-order valence-corrected chi connectivity index (χ0v) is 13.6. The molecule has 0 saturated carbocycles. The topological polar surface area (TPSA) is 49.3 Å². The van der Waals surface area contributed by atoms with E-state index in [2.05, 4.69) is 21.2 Å². The second kappa shape index (κ2) is 5.25. The molecule has 0 aliphatic carbocycles. The molecule has 23 heavy (non-hydrogen) atoms. The van der Waals surface area contributed by atoms with Gasteiger partial charge in [-0.15, -0.1) is 0 Å². The lowest BCUT2D eigenvalue weighted by Crippen LogP contribution is -2.03. The molecule has 3 aromatic rings. The summed E-state index contributed by atoms with van der Waals surface area (Å²) in [4.78, 5) is 12.3. The summed E-state index contributed by atoms with van der Waals surface area (Å²) in [5, 5.41) is 15.1. The molecule has 2 N–H and O–H groups in total. The van der Waals surface area contributed by atoms with Crippen molar-refractivity contribution in [2.24, 2.45) is 0 Å². The van der Waals surface area contributed by atoms with Crippen LogP contribution in [0, 0.1) is 0 Å². The fraction of sp³-hybridized carbons (Fsp3) is 0. The highest BCUT2D eigenvalue weighted by Crippen LogP contribution is 2.37. The van der Waals surface area contributed by atoms with Crippen molar-refractivity contribution in [3.8, 4) is 5.75 Å². The predicted octanol–water partition coefficient (Wildman–Crippen LogP) is 4.80. The second-order valence-electron chi connectivity index (χ2n) is 5.42. The third-order valence-electron chi connectivity index (χ3n) is 4.00. The van der Waals surface area contributed by atoms with E-state index in [0.29, 0.717) is 11.1 Å². The minimum atomic E-state index is -0.162. The van der Waals surface area contributed by atoms with Gasteiger partial charge in [-0.1, -0.05) is 46.3 Å². The third kappa shape index (κ3) is 2.32. The third-order valence-corrected chi connectivity index (χ3v) is 4.49. The minimum absolute atomic E-state index is 0.160. The summed E-state index contributed by atoms with van der Waals surface area (Å²) in [5.41, 5.74) is 2.81. The van der Waals surface area contributed by atoms with Crippen LogP contribution < -0.4 is 5.32 Å². The van der Waals surface area contributed by atoms with Crippen LogP contribution in [0.2, 0.25) is 0 Å². The number of amides is 1. The number of hydrogen-bond acceptors (Lipinski definition) is 2. The molecule has 1 heterocycles. The lowest BCUT2D eigenvalue weighted by Gasteiger charge is -2.06. The van der Waals surface area contributed by atoms with Gasteiger partial charge in [0.25, 0.3) is 5.91 Å². The van der Waals surface area contributed by atoms with Gasteiger partial charge >= 0.3 is 0 Å². The van der Waals surface area contributed by atoms with E-state index < -0.39 is 0 Å². The number of carbonyl (C=O) groups is 1. The average Bonchev–Trinajstić information content (AvgIpc) is 2.85. The van der Waals surface area contributed by atoms with Crippen molar-refractivity contribution >= 4 is 49.9 Å². The molecule has 0 aromatic heterocycles. The number of rotatable bonds is 1. The van der Waals surface area contributed by atoms with E-state index in [1.54, 1.807) is 12.1 Å². The van der Waals surface area contributed by atoms with Crippen LogP contribution in [0.1, 0.15) is 11.1 Å². The summed E-state index contributed by atoms with van der Waals surface area (Å²) >= 11 is 3.44. The van der Waals surface area contributed by atoms with E-state index in [0.717, 1.165) is 26.5 Å². The average molecular weight is 366 g/mol. The van der Waals surface area contributed by atoms with Gasteiger partial charge < -0.3 is 10.4 Å². The molecule has 0 unspecified atom stereocenters.